The van der Waals surface area contributed by atoms with Crippen LogP contribution in [0.2, 0.25) is 0 Å². The first-order valence-electron chi connectivity index (χ1n) is 8.91. The van der Waals surface area contributed by atoms with Crippen molar-refractivity contribution >= 4 is 33.7 Å². The lowest BCUT2D eigenvalue weighted by Gasteiger charge is -2.15. The summed E-state index contributed by atoms with van der Waals surface area (Å²) in [6, 6.07) is 16.2. The summed E-state index contributed by atoms with van der Waals surface area (Å²) in [4.78, 5) is 23.6. The second-order valence-electron chi connectivity index (χ2n) is 6.66. The van der Waals surface area contributed by atoms with Crippen LogP contribution in [0.1, 0.15) is 27.4 Å². The fraction of sp³-hybridized carbons (Fsp3) is 0.0909. The fourth-order valence-corrected chi connectivity index (χ4v) is 3.96. The number of benzene rings is 3. The minimum absolute atomic E-state index is 0.0241. The number of ether oxygens (including phenoxy) is 1. The zero-order valence-electron chi connectivity index (χ0n) is 15.3. The topological polar surface area (TPSA) is 75.6 Å². The highest BCUT2D eigenvalue weighted by Crippen LogP contribution is 2.44. The summed E-state index contributed by atoms with van der Waals surface area (Å²) in [5, 5.41) is 11.4. The van der Waals surface area contributed by atoms with E-state index in [1.54, 1.807) is 0 Å². The number of halogens is 3. The van der Waals surface area contributed by atoms with Gasteiger partial charge in [0.05, 0.1) is 10.2 Å². The maximum Gasteiger partial charge on any atom is 0.411 e. The molecule has 2 N–H and O–H groups in total. The molecule has 4 rings (SSSR count). The van der Waals surface area contributed by atoms with Gasteiger partial charge in [0.2, 0.25) is 0 Å². The average Bonchev–Trinajstić information content (AvgIpc) is 3.04. The zero-order chi connectivity index (χ0) is 21.4. The highest BCUT2D eigenvalue weighted by molar-refractivity contribution is 9.10. The van der Waals surface area contributed by atoms with E-state index < -0.39 is 39.4 Å². The molecule has 3 aromatic carbocycles. The SMILES string of the molecule is O=C(Nc1cc(F)c(Br)c(F)c1C(=O)O)OCC1c2ccccc2-c2ccccc21. The van der Waals surface area contributed by atoms with Crippen LogP contribution in [0, 0.1) is 11.6 Å². The van der Waals surface area contributed by atoms with Crippen LogP contribution < -0.4 is 5.32 Å². The molecule has 152 valence electrons. The zero-order valence-corrected chi connectivity index (χ0v) is 16.9. The van der Waals surface area contributed by atoms with E-state index in [9.17, 15) is 23.5 Å². The van der Waals surface area contributed by atoms with Crippen molar-refractivity contribution in [2.24, 2.45) is 0 Å². The minimum atomic E-state index is -1.65. The Labute approximate surface area is 178 Å². The van der Waals surface area contributed by atoms with E-state index in [-0.39, 0.29) is 12.5 Å². The number of anilines is 1. The maximum absolute atomic E-state index is 14.1. The normalized spacial score (nSPS) is 12.2. The van der Waals surface area contributed by atoms with Crippen molar-refractivity contribution in [2.45, 2.75) is 5.92 Å². The molecule has 0 bridgehead atoms. The van der Waals surface area contributed by atoms with Crippen LogP contribution in [-0.2, 0) is 4.74 Å². The standard InChI is InChI=1S/C22H14BrF2NO4/c23-19-16(24)9-17(18(20(19)25)21(27)28)26-22(29)30-10-15-13-7-3-1-5-11(13)12-6-2-4-8-14(12)15/h1-9,15H,10H2,(H,26,29)(H,27,28). The molecule has 0 saturated heterocycles. The molecule has 1 aliphatic carbocycles. The van der Waals surface area contributed by atoms with Gasteiger partial charge in [-0.25, -0.2) is 18.4 Å². The largest absolute Gasteiger partial charge is 0.478 e. The molecule has 5 nitrogen and oxygen atoms in total. The van der Waals surface area contributed by atoms with Gasteiger partial charge >= 0.3 is 12.1 Å². The number of rotatable bonds is 4. The third-order valence-electron chi connectivity index (χ3n) is 4.96. The third kappa shape index (κ3) is 3.43. The predicted molar refractivity (Wildman–Crippen MR) is 110 cm³/mol. The summed E-state index contributed by atoms with van der Waals surface area (Å²) in [6.07, 6.45) is -1.01. The highest BCUT2D eigenvalue weighted by Gasteiger charge is 2.29. The summed E-state index contributed by atoms with van der Waals surface area (Å²) in [7, 11) is 0. The molecule has 0 aliphatic heterocycles. The molecule has 0 saturated carbocycles. The second kappa shape index (κ2) is 7.87. The first-order valence-corrected chi connectivity index (χ1v) is 9.70. The molecule has 0 aromatic heterocycles. The van der Waals surface area contributed by atoms with E-state index in [1.165, 1.54) is 0 Å². The van der Waals surface area contributed by atoms with Gasteiger partial charge in [0.1, 0.15) is 18.0 Å². The fourth-order valence-electron chi connectivity index (χ4n) is 3.65. The number of hydrogen-bond donors (Lipinski definition) is 2. The van der Waals surface area contributed by atoms with Crippen molar-refractivity contribution in [2.75, 3.05) is 11.9 Å². The van der Waals surface area contributed by atoms with Gasteiger partial charge in [-0.1, -0.05) is 48.5 Å². The molecular weight excluding hydrogens is 460 g/mol. The molecule has 30 heavy (non-hydrogen) atoms. The van der Waals surface area contributed by atoms with E-state index in [0.717, 1.165) is 28.3 Å². The van der Waals surface area contributed by atoms with E-state index in [2.05, 4.69) is 21.2 Å². The van der Waals surface area contributed by atoms with Gasteiger partial charge in [0.25, 0.3) is 0 Å². The summed E-state index contributed by atoms with van der Waals surface area (Å²) >= 11 is 2.65. The number of nitrogens with one attached hydrogen (secondary N) is 1. The Balaban J connectivity index is 1.55. The van der Waals surface area contributed by atoms with Crippen LogP contribution in [0.3, 0.4) is 0 Å². The molecule has 8 heteroatoms. The van der Waals surface area contributed by atoms with Crippen LogP contribution in [0.25, 0.3) is 11.1 Å². The molecule has 0 radical (unpaired) electrons. The molecule has 0 heterocycles. The third-order valence-corrected chi connectivity index (χ3v) is 5.68. The van der Waals surface area contributed by atoms with Crippen molar-refractivity contribution in [3.63, 3.8) is 0 Å². The predicted octanol–water partition coefficient (Wildman–Crippen LogP) is 5.79. The summed E-state index contributed by atoms with van der Waals surface area (Å²) < 4.78 is 32.6. The van der Waals surface area contributed by atoms with Crippen LogP contribution >= 0.6 is 15.9 Å². The molecule has 1 aliphatic rings. The van der Waals surface area contributed by atoms with E-state index in [1.807, 2.05) is 48.5 Å². The van der Waals surface area contributed by atoms with Gasteiger partial charge < -0.3 is 9.84 Å². The van der Waals surface area contributed by atoms with Crippen LogP contribution in [0.5, 0.6) is 0 Å². The van der Waals surface area contributed by atoms with Crippen LogP contribution in [-0.4, -0.2) is 23.8 Å². The number of fused-ring (bicyclic) bond motifs is 3. The lowest BCUT2D eigenvalue weighted by atomic mass is 9.98. The number of hydrogen-bond acceptors (Lipinski definition) is 3. The first kappa shape index (κ1) is 20.0. The van der Waals surface area contributed by atoms with Gasteiger partial charge in [-0.3, -0.25) is 5.32 Å². The van der Waals surface area contributed by atoms with Crippen molar-refractivity contribution in [1.82, 2.24) is 0 Å². The Bertz CT molecular complexity index is 1140. The molecule has 0 atom stereocenters. The summed E-state index contributed by atoms with van der Waals surface area (Å²) in [6.45, 7) is -0.0241. The smallest absolute Gasteiger partial charge is 0.411 e. The Morgan fingerprint density at radius 2 is 1.60 bits per heavy atom. The Kier molecular flexibility index (Phi) is 5.26. The van der Waals surface area contributed by atoms with E-state index in [4.69, 9.17) is 4.74 Å². The number of aromatic carboxylic acids is 1. The average molecular weight is 474 g/mol. The quantitative estimate of drug-likeness (QED) is 0.470. The van der Waals surface area contributed by atoms with Gasteiger partial charge in [-0.2, -0.15) is 0 Å². The monoisotopic (exact) mass is 473 g/mol. The van der Waals surface area contributed by atoms with E-state index >= 15 is 0 Å². The Morgan fingerprint density at radius 1 is 1.03 bits per heavy atom. The van der Waals surface area contributed by atoms with Gasteiger partial charge in [-0.05, 0) is 44.3 Å². The molecule has 3 aromatic rings. The summed E-state index contributed by atoms with van der Waals surface area (Å²) in [5.41, 5.74) is 2.70. The first-order chi connectivity index (χ1) is 14.4. The molecular formula is C22H14BrF2NO4. The van der Waals surface area contributed by atoms with Crippen LogP contribution in [0.15, 0.2) is 59.1 Å². The molecule has 0 spiro atoms. The summed E-state index contributed by atoms with van der Waals surface area (Å²) in [5.74, 6) is -4.23. The van der Waals surface area contributed by atoms with Gasteiger partial charge in [0.15, 0.2) is 5.82 Å². The lowest BCUT2D eigenvalue weighted by molar-refractivity contribution is 0.0693. The number of carboxylic acid groups (broad SMARTS) is 1. The minimum Gasteiger partial charge on any atom is -0.478 e. The number of carbonyl (C=O) groups excluding carboxylic acids is 1. The van der Waals surface area contributed by atoms with Crippen molar-refractivity contribution in [1.29, 1.82) is 0 Å². The van der Waals surface area contributed by atoms with Crippen molar-refractivity contribution in [3.05, 3.63) is 87.4 Å². The Hall–Kier alpha value is -3.26. The highest BCUT2D eigenvalue weighted by atomic mass is 79.9. The van der Waals surface area contributed by atoms with Crippen molar-refractivity contribution in [3.8, 4) is 11.1 Å². The number of carbonyl (C=O) groups is 2. The van der Waals surface area contributed by atoms with Gasteiger partial charge in [0, 0.05) is 5.92 Å². The van der Waals surface area contributed by atoms with E-state index in [0.29, 0.717) is 0 Å². The number of carboxylic acids is 1. The van der Waals surface area contributed by atoms with Gasteiger partial charge in [-0.15, -0.1) is 0 Å². The van der Waals surface area contributed by atoms with Crippen molar-refractivity contribution < 1.29 is 28.2 Å². The molecule has 0 unspecified atom stereocenters. The lowest BCUT2D eigenvalue weighted by Crippen LogP contribution is -2.20. The second-order valence-corrected chi connectivity index (χ2v) is 7.46. The Morgan fingerprint density at radius 3 is 2.17 bits per heavy atom. The molecule has 0 fully saturated rings. The molecule has 1 amide bonds. The van der Waals surface area contributed by atoms with Crippen LogP contribution in [0.4, 0.5) is 19.3 Å². The number of amides is 1. The maximum atomic E-state index is 14.1.